The van der Waals surface area contributed by atoms with E-state index in [1.165, 1.54) is 0 Å². The Labute approximate surface area is 153 Å². The first-order chi connectivity index (χ1) is 12.3. The molecule has 4 rings (SSSR count). The number of hydrogen-bond acceptors (Lipinski definition) is 5. The molecular formula is C21H25NO4. The Morgan fingerprint density at radius 3 is 2.73 bits per heavy atom. The zero-order chi connectivity index (χ0) is 18.7. The summed E-state index contributed by atoms with van der Waals surface area (Å²) in [6.45, 7) is 6.19. The Morgan fingerprint density at radius 2 is 2.00 bits per heavy atom. The van der Waals surface area contributed by atoms with Gasteiger partial charge in [-0.25, -0.2) is 0 Å². The van der Waals surface area contributed by atoms with Gasteiger partial charge in [0.25, 0.3) is 0 Å². The number of ether oxygens (including phenoxy) is 1. The van der Waals surface area contributed by atoms with Gasteiger partial charge < -0.3 is 14.7 Å². The number of nitrogens with zero attached hydrogens (tertiary/aromatic N) is 1. The van der Waals surface area contributed by atoms with E-state index < -0.39 is 17.2 Å². The van der Waals surface area contributed by atoms with Crippen molar-refractivity contribution in [2.24, 2.45) is 5.41 Å². The van der Waals surface area contributed by atoms with E-state index in [-0.39, 0.29) is 18.1 Å². The summed E-state index contributed by atoms with van der Waals surface area (Å²) in [6.07, 6.45) is 1.43. The van der Waals surface area contributed by atoms with Crippen molar-refractivity contribution in [3.05, 3.63) is 41.0 Å². The third-order valence-electron chi connectivity index (χ3n) is 6.19. The number of benzene rings is 1. The van der Waals surface area contributed by atoms with Crippen molar-refractivity contribution >= 4 is 17.3 Å². The molecule has 138 valence electrons. The number of anilines is 1. The van der Waals surface area contributed by atoms with Crippen molar-refractivity contribution in [3.8, 4) is 0 Å². The van der Waals surface area contributed by atoms with Crippen LogP contribution in [0.25, 0.3) is 0 Å². The molecule has 0 radical (unpaired) electrons. The number of carbonyl (C=O) groups is 2. The molecule has 0 spiro atoms. The summed E-state index contributed by atoms with van der Waals surface area (Å²) in [7, 11) is 0. The fourth-order valence-electron chi connectivity index (χ4n) is 4.78. The minimum absolute atomic E-state index is 0.0761. The molecule has 1 aliphatic carbocycles. The first kappa shape index (κ1) is 17.4. The van der Waals surface area contributed by atoms with Gasteiger partial charge in [0.15, 0.2) is 17.8 Å². The van der Waals surface area contributed by atoms with Crippen molar-refractivity contribution in [1.29, 1.82) is 0 Å². The van der Waals surface area contributed by atoms with Crippen LogP contribution in [0.4, 0.5) is 5.69 Å². The number of hydrogen-bond donors (Lipinski definition) is 1. The van der Waals surface area contributed by atoms with E-state index in [9.17, 15) is 14.7 Å². The van der Waals surface area contributed by atoms with Gasteiger partial charge in [0.05, 0.1) is 6.61 Å². The quantitative estimate of drug-likeness (QED) is 0.841. The van der Waals surface area contributed by atoms with Gasteiger partial charge in [0, 0.05) is 29.8 Å². The molecule has 0 amide bonds. The van der Waals surface area contributed by atoms with Crippen LogP contribution in [-0.2, 0) is 19.9 Å². The molecular weight excluding hydrogens is 330 g/mol. The van der Waals surface area contributed by atoms with E-state index in [0.29, 0.717) is 30.6 Å². The van der Waals surface area contributed by atoms with Gasteiger partial charge in [-0.3, -0.25) is 9.59 Å². The van der Waals surface area contributed by atoms with Gasteiger partial charge in [-0.2, -0.15) is 0 Å². The summed E-state index contributed by atoms with van der Waals surface area (Å²) in [5.41, 5.74) is 0.723. The van der Waals surface area contributed by atoms with Crippen molar-refractivity contribution < 1.29 is 19.4 Å². The van der Waals surface area contributed by atoms with Crippen LogP contribution in [0.5, 0.6) is 0 Å². The molecule has 1 N–H and O–H groups in total. The molecule has 3 aliphatic rings. The second kappa shape index (κ2) is 5.76. The summed E-state index contributed by atoms with van der Waals surface area (Å²) in [5, 5.41) is 11.2. The summed E-state index contributed by atoms with van der Waals surface area (Å²) >= 11 is 0. The zero-order valence-electron chi connectivity index (χ0n) is 15.5. The lowest BCUT2D eigenvalue weighted by atomic mass is 9.82. The first-order valence-corrected chi connectivity index (χ1v) is 9.34. The highest BCUT2D eigenvalue weighted by atomic mass is 16.5. The maximum Gasteiger partial charge on any atom is 0.174 e. The van der Waals surface area contributed by atoms with Crippen molar-refractivity contribution in [2.75, 3.05) is 18.1 Å². The SMILES string of the molecule is CCCC1=C(C)C(=O)[C@](C)(CN2c3ccccc3[C@]3(O)CCO[C@H]23)C1=O. The Balaban J connectivity index is 1.72. The van der Waals surface area contributed by atoms with Crippen LogP contribution in [0.15, 0.2) is 35.4 Å². The molecule has 3 atom stereocenters. The number of aliphatic hydroxyl groups is 1. The van der Waals surface area contributed by atoms with Crippen LogP contribution in [-0.4, -0.2) is 36.1 Å². The van der Waals surface area contributed by atoms with E-state index in [4.69, 9.17) is 4.74 Å². The Kier molecular flexibility index (Phi) is 3.86. The lowest BCUT2D eigenvalue weighted by molar-refractivity contribution is -0.133. The number of Topliss-reactive ketones (excluding diaryl/α,β-unsaturated/α-hetero) is 2. The minimum Gasteiger partial charge on any atom is -0.380 e. The van der Waals surface area contributed by atoms with Gasteiger partial charge in [-0.05, 0) is 31.9 Å². The Morgan fingerprint density at radius 1 is 1.27 bits per heavy atom. The molecule has 1 saturated heterocycles. The fraction of sp³-hybridized carbons (Fsp3) is 0.524. The summed E-state index contributed by atoms with van der Waals surface area (Å²) in [5.74, 6) is -0.176. The smallest absolute Gasteiger partial charge is 0.174 e. The van der Waals surface area contributed by atoms with E-state index >= 15 is 0 Å². The minimum atomic E-state index is -1.13. The molecule has 1 aromatic rings. The number of allylic oxidation sites excluding steroid dienone is 2. The standard InChI is InChI=1S/C21H25NO4/c1-4-7-14-13(2)17(23)20(3,18(14)24)12-22-16-9-6-5-8-15(16)21(25)10-11-26-19(21)22/h5-6,8-9,19,25H,4,7,10-12H2,1-3H3/t19-,20-,21+/m0/s1. The largest absolute Gasteiger partial charge is 0.380 e. The average Bonchev–Trinajstić information content (AvgIpc) is 3.17. The third kappa shape index (κ3) is 2.10. The molecule has 1 aromatic carbocycles. The summed E-state index contributed by atoms with van der Waals surface area (Å²) < 4.78 is 5.84. The molecule has 0 bridgehead atoms. The first-order valence-electron chi connectivity index (χ1n) is 9.34. The molecule has 0 unspecified atom stereocenters. The molecule has 26 heavy (non-hydrogen) atoms. The molecule has 2 aliphatic heterocycles. The lowest BCUT2D eigenvalue weighted by Gasteiger charge is -2.34. The predicted octanol–water partition coefficient (Wildman–Crippen LogP) is 2.72. The highest BCUT2D eigenvalue weighted by Crippen LogP contribution is 2.51. The molecule has 0 saturated carbocycles. The fourth-order valence-corrected chi connectivity index (χ4v) is 4.78. The van der Waals surface area contributed by atoms with Gasteiger partial charge in [0.1, 0.15) is 11.0 Å². The molecule has 2 heterocycles. The number of fused-ring (bicyclic) bond motifs is 3. The maximum atomic E-state index is 13.1. The van der Waals surface area contributed by atoms with E-state index in [0.717, 1.165) is 17.7 Å². The Bertz CT molecular complexity index is 829. The average molecular weight is 355 g/mol. The highest BCUT2D eigenvalue weighted by molar-refractivity contribution is 6.27. The maximum absolute atomic E-state index is 13.1. The molecule has 1 fully saturated rings. The topological polar surface area (TPSA) is 66.8 Å². The Hall–Kier alpha value is -1.98. The van der Waals surface area contributed by atoms with Crippen LogP contribution >= 0.6 is 0 Å². The van der Waals surface area contributed by atoms with E-state index in [1.54, 1.807) is 13.8 Å². The second-order valence-corrected chi connectivity index (χ2v) is 7.89. The van der Waals surface area contributed by atoms with Crippen molar-refractivity contribution in [2.45, 2.75) is 51.9 Å². The zero-order valence-corrected chi connectivity index (χ0v) is 15.5. The van der Waals surface area contributed by atoms with Gasteiger partial charge in [-0.1, -0.05) is 31.5 Å². The second-order valence-electron chi connectivity index (χ2n) is 7.89. The molecule has 5 nitrogen and oxygen atoms in total. The van der Waals surface area contributed by atoms with Gasteiger partial charge in [0.2, 0.25) is 0 Å². The van der Waals surface area contributed by atoms with Gasteiger partial charge >= 0.3 is 0 Å². The number of rotatable bonds is 4. The number of carbonyl (C=O) groups excluding carboxylic acids is 2. The van der Waals surface area contributed by atoms with Crippen LogP contribution in [0.1, 0.15) is 45.6 Å². The third-order valence-corrected chi connectivity index (χ3v) is 6.19. The lowest BCUT2D eigenvalue weighted by Crippen LogP contribution is -2.50. The molecule has 5 heteroatoms. The van der Waals surface area contributed by atoms with Crippen molar-refractivity contribution in [3.63, 3.8) is 0 Å². The summed E-state index contributed by atoms with van der Waals surface area (Å²) in [4.78, 5) is 28.0. The molecule has 0 aromatic heterocycles. The van der Waals surface area contributed by atoms with E-state index in [1.807, 2.05) is 36.1 Å². The van der Waals surface area contributed by atoms with Crippen LogP contribution in [0, 0.1) is 5.41 Å². The van der Waals surface area contributed by atoms with Crippen LogP contribution in [0.2, 0.25) is 0 Å². The van der Waals surface area contributed by atoms with Crippen molar-refractivity contribution in [1.82, 2.24) is 0 Å². The monoisotopic (exact) mass is 355 g/mol. The normalized spacial score (nSPS) is 33.2. The van der Waals surface area contributed by atoms with E-state index in [2.05, 4.69) is 0 Å². The van der Waals surface area contributed by atoms with Crippen LogP contribution < -0.4 is 4.90 Å². The predicted molar refractivity (Wildman–Crippen MR) is 97.8 cm³/mol. The summed E-state index contributed by atoms with van der Waals surface area (Å²) in [6, 6.07) is 7.64. The van der Waals surface area contributed by atoms with Crippen LogP contribution in [0.3, 0.4) is 0 Å². The highest BCUT2D eigenvalue weighted by Gasteiger charge is 2.58. The number of para-hydroxylation sites is 1. The van der Waals surface area contributed by atoms with Gasteiger partial charge in [-0.15, -0.1) is 0 Å². The number of ketones is 2.